The maximum atomic E-state index is 12.3. The van der Waals surface area contributed by atoms with Crippen LogP contribution in [-0.4, -0.2) is 36.9 Å². The van der Waals surface area contributed by atoms with Gasteiger partial charge in [-0.1, -0.05) is 36.4 Å². The SMILES string of the molecule is CCOC(=O)[C@@H](CC)Sc1nc2c(c(=O)[nH]c(=O)n2C)n1C/C=C(\C)Cl. The number of aryl methyl sites for hydroxylation is 1. The predicted molar refractivity (Wildman–Crippen MR) is 102 cm³/mol. The van der Waals surface area contributed by atoms with Crippen molar-refractivity contribution in [1.82, 2.24) is 19.1 Å². The van der Waals surface area contributed by atoms with Crippen molar-refractivity contribution in [2.75, 3.05) is 6.61 Å². The van der Waals surface area contributed by atoms with Crippen LogP contribution in [0.1, 0.15) is 27.2 Å². The van der Waals surface area contributed by atoms with E-state index in [1.54, 1.807) is 24.5 Å². The Morgan fingerprint density at radius 2 is 2.12 bits per heavy atom. The number of fused-ring (bicyclic) bond motifs is 1. The highest BCUT2D eigenvalue weighted by atomic mass is 35.5. The van der Waals surface area contributed by atoms with Gasteiger partial charge in [0, 0.05) is 18.6 Å². The molecule has 0 aliphatic rings. The summed E-state index contributed by atoms with van der Waals surface area (Å²) in [6.07, 6.45) is 2.26. The fourth-order valence-electron chi connectivity index (χ4n) is 2.35. The van der Waals surface area contributed by atoms with Crippen LogP contribution in [0.25, 0.3) is 11.2 Å². The van der Waals surface area contributed by atoms with Gasteiger partial charge in [-0.05, 0) is 20.3 Å². The topological polar surface area (TPSA) is 99.0 Å². The van der Waals surface area contributed by atoms with Crippen molar-refractivity contribution in [1.29, 1.82) is 0 Å². The van der Waals surface area contributed by atoms with Gasteiger partial charge >= 0.3 is 11.7 Å². The lowest BCUT2D eigenvalue weighted by molar-refractivity contribution is -0.142. The van der Waals surface area contributed by atoms with Crippen LogP contribution in [0.15, 0.2) is 25.9 Å². The van der Waals surface area contributed by atoms with E-state index in [1.807, 2.05) is 6.92 Å². The van der Waals surface area contributed by atoms with Gasteiger partial charge in [0.1, 0.15) is 5.25 Å². The zero-order valence-corrected chi connectivity index (χ0v) is 16.6. The van der Waals surface area contributed by atoms with Gasteiger partial charge in [-0.15, -0.1) is 0 Å². The number of hydrogen-bond donors (Lipinski definition) is 1. The van der Waals surface area contributed by atoms with Gasteiger partial charge in [0.05, 0.1) is 6.61 Å². The summed E-state index contributed by atoms with van der Waals surface area (Å²) in [6.45, 7) is 5.91. The summed E-state index contributed by atoms with van der Waals surface area (Å²) in [4.78, 5) is 43.0. The van der Waals surface area contributed by atoms with Gasteiger partial charge < -0.3 is 9.30 Å². The first kappa shape index (κ1) is 20.3. The Morgan fingerprint density at radius 1 is 1.42 bits per heavy atom. The first-order valence-electron chi connectivity index (χ1n) is 8.15. The number of nitrogens with one attached hydrogen (secondary N) is 1. The van der Waals surface area contributed by atoms with E-state index in [2.05, 4.69) is 9.97 Å². The average molecular weight is 401 g/mol. The summed E-state index contributed by atoms with van der Waals surface area (Å²) in [5, 5.41) is 0.532. The van der Waals surface area contributed by atoms with E-state index in [-0.39, 0.29) is 30.3 Å². The minimum Gasteiger partial charge on any atom is -0.465 e. The molecule has 0 spiro atoms. The second kappa shape index (κ2) is 8.59. The van der Waals surface area contributed by atoms with Crippen LogP contribution >= 0.6 is 23.4 Å². The number of carbonyl (C=O) groups is 1. The van der Waals surface area contributed by atoms with Crippen LogP contribution in [0.5, 0.6) is 0 Å². The number of carbonyl (C=O) groups excluding carboxylic acids is 1. The Balaban J connectivity index is 2.62. The summed E-state index contributed by atoms with van der Waals surface area (Å²) in [7, 11) is 1.53. The van der Waals surface area contributed by atoms with Crippen LogP contribution in [-0.2, 0) is 23.1 Å². The Hall–Kier alpha value is -2.00. The van der Waals surface area contributed by atoms with Crippen molar-refractivity contribution in [2.45, 2.75) is 44.1 Å². The largest absolute Gasteiger partial charge is 0.465 e. The van der Waals surface area contributed by atoms with Crippen molar-refractivity contribution in [3.8, 4) is 0 Å². The smallest absolute Gasteiger partial charge is 0.329 e. The molecule has 0 radical (unpaired) electrons. The summed E-state index contributed by atoms with van der Waals surface area (Å²) in [5.74, 6) is -0.342. The van der Waals surface area contributed by atoms with E-state index in [0.717, 1.165) is 0 Å². The lowest BCUT2D eigenvalue weighted by atomic mass is 10.3. The highest BCUT2D eigenvalue weighted by molar-refractivity contribution is 8.00. The fraction of sp³-hybridized carbons (Fsp3) is 0.500. The molecule has 26 heavy (non-hydrogen) atoms. The monoisotopic (exact) mass is 400 g/mol. The van der Waals surface area contributed by atoms with E-state index in [9.17, 15) is 14.4 Å². The van der Waals surface area contributed by atoms with Crippen molar-refractivity contribution in [2.24, 2.45) is 7.05 Å². The quantitative estimate of drug-likeness (QED) is 0.563. The summed E-state index contributed by atoms with van der Waals surface area (Å²) < 4.78 is 8.00. The number of thioether (sulfide) groups is 1. The van der Waals surface area contributed by atoms with E-state index in [0.29, 0.717) is 16.6 Å². The van der Waals surface area contributed by atoms with E-state index in [1.165, 1.54) is 23.4 Å². The van der Waals surface area contributed by atoms with Crippen molar-refractivity contribution < 1.29 is 9.53 Å². The second-order valence-electron chi connectivity index (χ2n) is 5.55. The summed E-state index contributed by atoms with van der Waals surface area (Å²) >= 11 is 7.13. The standard InChI is InChI=1S/C16H21ClN4O4S/c1-5-10(14(23)25-6-2)26-16-18-12-11(21(16)8-7-9(3)17)13(22)19-15(24)20(12)4/h7,10H,5-6,8H2,1-4H3,(H,19,22,24)/b9-7+/t10-/m1/s1. The number of hydrogen-bond acceptors (Lipinski definition) is 6. The molecule has 0 unspecified atom stereocenters. The van der Waals surface area contributed by atoms with Gasteiger partial charge in [-0.3, -0.25) is 19.1 Å². The van der Waals surface area contributed by atoms with Gasteiger partial charge in [-0.2, -0.15) is 0 Å². The van der Waals surface area contributed by atoms with Crippen molar-refractivity contribution >= 4 is 40.5 Å². The number of aromatic nitrogens is 4. The highest BCUT2D eigenvalue weighted by Gasteiger charge is 2.24. The molecule has 0 saturated carbocycles. The number of nitrogens with zero attached hydrogens (tertiary/aromatic N) is 3. The molecule has 10 heteroatoms. The third kappa shape index (κ3) is 4.21. The molecule has 0 aliphatic heterocycles. The van der Waals surface area contributed by atoms with Crippen LogP contribution in [0.2, 0.25) is 0 Å². The van der Waals surface area contributed by atoms with Crippen molar-refractivity contribution in [3.63, 3.8) is 0 Å². The summed E-state index contributed by atoms with van der Waals surface area (Å²) in [6, 6.07) is 0. The molecule has 0 bridgehead atoms. The third-order valence-electron chi connectivity index (χ3n) is 3.70. The minimum absolute atomic E-state index is 0.251. The molecule has 2 aromatic rings. The molecule has 8 nitrogen and oxygen atoms in total. The predicted octanol–water partition coefficient (Wildman–Crippen LogP) is 2.00. The number of aromatic amines is 1. The maximum absolute atomic E-state index is 12.3. The Morgan fingerprint density at radius 3 is 2.69 bits per heavy atom. The van der Waals surface area contributed by atoms with E-state index in [4.69, 9.17) is 16.3 Å². The van der Waals surface area contributed by atoms with E-state index < -0.39 is 16.5 Å². The first-order chi connectivity index (χ1) is 12.3. The third-order valence-corrected chi connectivity index (χ3v) is 5.18. The number of esters is 1. The van der Waals surface area contributed by atoms with Crippen LogP contribution in [0.3, 0.4) is 0 Å². The molecule has 0 amide bonds. The molecule has 142 valence electrons. The number of allylic oxidation sites excluding steroid dienone is 2. The molecule has 0 fully saturated rings. The molecule has 0 saturated heterocycles. The fourth-order valence-corrected chi connectivity index (χ4v) is 3.44. The molecule has 1 N–H and O–H groups in total. The maximum Gasteiger partial charge on any atom is 0.329 e. The number of ether oxygens (including phenoxy) is 1. The molecule has 0 aliphatic carbocycles. The lowest BCUT2D eigenvalue weighted by Crippen LogP contribution is -2.29. The lowest BCUT2D eigenvalue weighted by Gasteiger charge is -2.13. The van der Waals surface area contributed by atoms with Gasteiger partial charge in [0.2, 0.25) is 0 Å². The average Bonchev–Trinajstić information content (AvgIpc) is 2.94. The normalized spacial score (nSPS) is 13.2. The van der Waals surface area contributed by atoms with Gasteiger partial charge in [0.25, 0.3) is 5.56 Å². The number of rotatable bonds is 7. The van der Waals surface area contributed by atoms with Crippen LogP contribution in [0, 0.1) is 0 Å². The molecule has 1 atom stereocenters. The first-order valence-corrected chi connectivity index (χ1v) is 9.40. The summed E-state index contributed by atoms with van der Waals surface area (Å²) in [5.41, 5.74) is -0.583. The van der Waals surface area contributed by atoms with Crippen molar-refractivity contribution in [3.05, 3.63) is 31.9 Å². The van der Waals surface area contributed by atoms with Gasteiger partial charge in [-0.25, -0.2) is 9.78 Å². The number of H-pyrrole nitrogens is 1. The Labute approximate surface area is 159 Å². The van der Waals surface area contributed by atoms with Crippen LogP contribution < -0.4 is 11.2 Å². The Bertz CT molecular complexity index is 956. The minimum atomic E-state index is -0.551. The molecule has 2 rings (SSSR count). The zero-order chi connectivity index (χ0) is 19.4. The molecule has 2 aromatic heterocycles. The molecule has 0 aromatic carbocycles. The van der Waals surface area contributed by atoms with Gasteiger partial charge in [0.15, 0.2) is 16.3 Å². The van der Waals surface area contributed by atoms with E-state index >= 15 is 0 Å². The number of halogens is 1. The second-order valence-corrected chi connectivity index (χ2v) is 7.32. The number of imidazole rings is 1. The molecular formula is C16H21ClN4O4S. The molecular weight excluding hydrogens is 380 g/mol. The zero-order valence-electron chi connectivity index (χ0n) is 15.0. The highest BCUT2D eigenvalue weighted by Crippen LogP contribution is 2.28. The Kier molecular flexibility index (Phi) is 6.71. The molecule has 2 heterocycles. The van der Waals surface area contributed by atoms with Crippen LogP contribution in [0.4, 0.5) is 0 Å².